The molecule has 168 valence electrons. The summed E-state index contributed by atoms with van der Waals surface area (Å²) in [6.07, 6.45) is 4.86. The molecule has 0 radical (unpaired) electrons. The maximum absolute atomic E-state index is 14.1. The smallest absolute Gasteiger partial charge is 0.191 e. The zero-order valence-corrected chi connectivity index (χ0v) is 20.4. The van der Waals surface area contributed by atoms with Crippen molar-refractivity contribution < 1.29 is 9.13 Å². The van der Waals surface area contributed by atoms with Gasteiger partial charge in [-0.25, -0.2) is 9.37 Å². The molecule has 0 amide bonds. The number of anilines is 1. The number of methoxy groups -OCH3 is 1. The first-order chi connectivity index (χ1) is 14.6. The van der Waals surface area contributed by atoms with Gasteiger partial charge in [0.2, 0.25) is 0 Å². The molecule has 1 atom stereocenters. The second-order valence-electron chi connectivity index (χ2n) is 8.09. The molecule has 2 aromatic rings. The molecular weight excluding hydrogens is 508 g/mol. The van der Waals surface area contributed by atoms with Crippen LogP contribution in [0.2, 0.25) is 0 Å². The van der Waals surface area contributed by atoms with Crippen molar-refractivity contribution in [2.75, 3.05) is 38.2 Å². The van der Waals surface area contributed by atoms with Crippen molar-refractivity contribution in [2.24, 2.45) is 4.99 Å². The van der Waals surface area contributed by atoms with E-state index in [0.717, 1.165) is 50.6 Å². The van der Waals surface area contributed by atoms with E-state index >= 15 is 0 Å². The average molecular weight is 539 g/mol. The number of guanidine groups is 1. The highest BCUT2D eigenvalue weighted by atomic mass is 127. The second-order valence-corrected chi connectivity index (χ2v) is 8.09. The molecule has 31 heavy (non-hydrogen) atoms. The molecule has 2 fully saturated rings. The zero-order valence-electron chi connectivity index (χ0n) is 18.1. The minimum atomic E-state index is -0.270. The molecule has 0 bridgehead atoms. The molecule has 1 saturated carbocycles. The molecule has 8 heteroatoms. The number of pyridine rings is 1. The van der Waals surface area contributed by atoms with Gasteiger partial charge in [-0.2, -0.15) is 0 Å². The van der Waals surface area contributed by atoms with Crippen LogP contribution in [0.15, 0.2) is 47.6 Å². The summed E-state index contributed by atoms with van der Waals surface area (Å²) in [4.78, 5) is 11.1. The van der Waals surface area contributed by atoms with Gasteiger partial charge in [0.15, 0.2) is 17.6 Å². The van der Waals surface area contributed by atoms with Gasteiger partial charge in [-0.3, -0.25) is 4.99 Å². The molecule has 1 aromatic carbocycles. The van der Waals surface area contributed by atoms with E-state index in [1.54, 1.807) is 19.4 Å². The molecule has 2 N–H and O–H groups in total. The molecule has 1 aromatic heterocycles. The molecule has 1 saturated heterocycles. The molecule has 1 aliphatic carbocycles. The summed E-state index contributed by atoms with van der Waals surface area (Å²) in [5.41, 5.74) is 1.45. The SMILES string of the molecule is CCNC(=NCC1(c2ccc(OC)cc2)CC1)NC1CCN(c2ncccc2F)C1.I. The molecule has 0 spiro atoms. The highest BCUT2D eigenvalue weighted by Gasteiger charge is 2.44. The van der Waals surface area contributed by atoms with Crippen LogP contribution >= 0.6 is 24.0 Å². The third kappa shape index (κ3) is 5.58. The van der Waals surface area contributed by atoms with Gasteiger partial charge in [0.05, 0.1) is 13.7 Å². The third-order valence-corrected chi connectivity index (χ3v) is 6.01. The monoisotopic (exact) mass is 539 g/mol. The summed E-state index contributed by atoms with van der Waals surface area (Å²) in [6.45, 7) is 5.10. The number of rotatable bonds is 7. The Kier molecular flexibility index (Phi) is 7.96. The van der Waals surface area contributed by atoms with Gasteiger partial charge in [-0.15, -0.1) is 24.0 Å². The largest absolute Gasteiger partial charge is 0.497 e. The Morgan fingerprint density at radius 2 is 2.06 bits per heavy atom. The van der Waals surface area contributed by atoms with Crippen molar-refractivity contribution in [3.8, 4) is 5.75 Å². The standard InChI is InChI=1S/C23H30FN5O.HI/c1-3-25-22(27-16-23(11-12-23)17-6-8-19(30-2)9-7-17)28-18-10-14-29(15-18)21-20(24)5-4-13-26-21;/h4-9,13,18H,3,10-12,14-16H2,1-2H3,(H2,25,27,28);1H. The summed E-state index contributed by atoms with van der Waals surface area (Å²) in [5.74, 6) is 1.86. The van der Waals surface area contributed by atoms with Gasteiger partial charge >= 0.3 is 0 Å². The Bertz CT molecular complexity index is 888. The van der Waals surface area contributed by atoms with Crippen LogP contribution in [0.4, 0.5) is 10.2 Å². The fourth-order valence-electron chi connectivity index (χ4n) is 4.06. The van der Waals surface area contributed by atoms with E-state index in [0.29, 0.717) is 12.4 Å². The maximum atomic E-state index is 14.1. The normalized spacial score (nSPS) is 19.5. The van der Waals surface area contributed by atoms with E-state index < -0.39 is 0 Å². The van der Waals surface area contributed by atoms with E-state index in [4.69, 9.17) is 9.73 Å². The molecule has 1 unspecified atom stereocenters. The lowest BCUT2D eigenvalue weighted by molar-refractivity contribution is 0.414. The Morgan fingerprint density at radius 3 is 2.71 bits per heavy atom. The van der Waals surface area contributed by atoms with Crippen LogP contribution in [-0.2, 0) is 5.41 Å². The second kappa shape index (κ2) is 10.5. The summed E-state index contributed by atoms with van der Waals surface area (Å²) in [5, 5.41) is 6.89. The summed E-state index contributed by atoms with van der Waals surface area (Å²) < 4.78 is 19.3. The molecule has 2 aliphatic rings. The van der Waals surface area contributed by atoms with E-state index in [1.807, 2.05) is 17.0 Å². The maximum Gasteiger partial charge on any atom is 0.191 e. The predicted molar refractivity (Wildman–Crippen MR) is 133 cm³/mol. The van der Waals surface area contributed by atoms with Crippen molar-refractivity contribution in [3.63, 3.8) is 0 Å². The van der Waals surface area contributed by atoms with Gasteiger partial charge in [0.25, 0.3) is 0 Å². The number of halogens is 2. The van der Waals surface area contributed by atoms with Gasteiger partial charge in [-0.1, -0.05) is 12.1 Å². The van der Waals surface area contributed by atoms with Crippen LogP contribution in [0.1, 0.15) is 31.7 Å². The molecule has 4 rings (SSSR count). The fourth-order valence-corrected chi connectivity index (χ4v) is 4.06. The van der Waals surface area contributed by atoms with Gasteiger partial charge in [-0.05, 0) is 56.0 Å². The highest BCUT2D eigenvalue weighted by molar-refractivity contribution is 14.0. The number of aliphatic imine (C=N–C) groups is 1. The van der Waals surface area contributed by atoms with Crippen LogP contribution in [0, 0.1) is 5.82 Å². The first-order valence-electron chi connectivity index (χ1n) is 10.7. The van der Waals surface area contributed by atoms with Gasteiger partial charge in [0, 0.05) is 37.3 Å². The molecule has 6 nitrogen and oxygen atoms in total. The van der Waals surface area contributed by atoms with Crippen LogP contribution in [-0.4, -0.2) is 50.3 Å². The average Bonchev–Trinajstić information content (AvgIpc) is 3.43. The number of nitrogens with zero attached hydrogens (tertiary/aromatic N) is 3. The van der Waals surface area contributed by atoms with Crippen LogP contribution in [0.3, 0.4) is 0 Å². The van der Waals surface area contributed by atoms with Crippen molar-refractivity contribution in [1.29, 1.82) is 0 Å². The molecule has 1 aliphatic heterocycles. The number of benzene rings is 1. The Hall–Kier alpha value is -2.10. The number of hydrogen-bond donors (Lipinski definition) is 2. The molecule has 2 heterocycles. The Labute approximate surface area is 200 Å². The lowest BCUT2D eigenvalue weighted by Gasteiger charge is -2.21. The van der Waals surface area contributed by atoms with Crippen LogP contribution < -0.4 is 20.3 Å². The van der Waals surface area contributed by atoms with Crippen LogP contribution in [0.25, 0.3) is 0 Å². The van der Waals surface area contributed by atoms with E-state index in [-0.39, 0.29) is 41.3 Å². The van der Waals surface area contributed by atoms with E-state index in [1.165, 1.54) is 11.6 Å². The summed E-state index contributed by atoms with van der Waals surface area (Å²) in [7, 11) is 1.69. The summed E-state index contributed by atoms with van der Waals surface area (Å²) in [6, 6.07) is 11.6. The highest BCUT2D eigenvalue weighted by Crippen LogP contribution is 2.48. The minimum Gasteiger partial charge on any atom is -0.497 e. The first-order valence-corrected chi connectivity index (χ1v) is 10.7. The van der Waals surface area contributed by atoms with Crippen molar-refractivity contribution in [2.45, 2.75) is 37.6 Å². The number of aromatic nitrogens is 1. The zero-order chi connectivity index (χ0) is 21.0. The number of hydrogen-bond acceptors (Lipinski definition) is 4. The lowest BCUT2D eigenvalue weighted by atomic mass is 9.96. The lowest BCUT2D eigenvalue weighted by Crippen LogP contribution is -2.45. The van der Waals surface area contributed by atoms with Crippen molar-refractivity contribution >= 4 is 35.8 Å². The predicted octanol–water partition coefficient (Wildman–Crippen LogP) is 3.71. The molecular formula is C23H31FIN5O. The topological polar surface area (TPSA) is 61.8 Å². The van der Waals surface area contributed by atoms with E-state index in [9.17, 15) is 4.39 Å². The quantitative estimate of drug-likeness (QED) is 0.319. The summed E-state index contributed by atoms with van der Waals surface area (Å²) >= 11 is 0. The number of nitrogens with one attached hydrogen (secondary N) is 2. The first kappa shape index (κ1) is 23.6. The van der Waals surface area contributed by atoms with Gasteiger partial charge in [0.1, 0.15) is 5.75 Å². The Balaban J connectivity index is 0.00000272. The Morgan fingerprint density at radius 1 is 1.29 bits per heavy atom. The van der Waals surface area contributed by atoms with E-state index in [2.05, 4.69) is 34.7 Å². The number of ether oxygens (including phenoxy) is 1. The third-order valence-electron chi connectivity index (χ3n) is 6.01. The minimum absolute atomic E-state index is 0. The van der Waals surface area contributed by atoms with Crippen LogP contribution in [0.5, 0.6) is 5.75 Å². The van der Waals surface area contributed by atoms with Crippen molar-refractivity contribution in [1.82, 2.24) is 15.6 Å². The van der Waals surface area contributed by atoms with Gasteiger partial charge < -0.3 is 20.3 Å². The van der Waals surface area contributed by atoms with Crippen molar-refractivity contribution in [3.05, 3.63) is 54.0 Å². The fraction of sp³-hybridized carbons (Fsp3) is 0.478.